The van der Waals surface area contributed by atoms with Gasteiger partial charge in [0.15, 0.2) is 5.96 Å². The number of benzene rings is 1. The quantitative estimate of drug-likeness (QED) is 0.228. The molecule has 1 rings (SSSR count). The second-order valence-corrected chi connectivity index (χ2v) is 5.28. The molecule has 9 heteroatoms. The molecule has 0 radical (unpaired) electrons. The monoisotopic (exact) mass is 489 g/mol. The summed E-state index contributed by atoms with van der Waals surface area (Å²) < 4.78 is 47.2. The van der Waals surface area contributed by atoms with Crippen LogP contribution in [-0.4, -0.2) is 45.5 Å². The van der Waals surface area contributed by atoms with Crippen molar-refractivity contribution < 1.29 is 22.6 Å². The van der Waals surface area contributed by atoms with Crippen LogP contribution in [0.1, 0.15) is 25.3 Å². The van der Waals surface area contributed by atoms with Crippen LogP contribution in [0.4, 0.5) is 13.2 Å². The van der Waals surface area contributed by atoms with Crippen molar-refractivity contribution in [1.29, 1.82) is 0 Å². The van der Waals surface area contributed by atoms with Crippen LogP contribution in [-0.2, 0) is 11.3 Å². The molecule has 0 bridgehead atoms. The fourth-order valence-corrected chi connectivity index (χ4v) is 1.92. The lowest BCUT2D eigenvalue weighted by Crippen LogP contribution is -2.39. The third kappa shape index (κ3) is 12.2. The summed E-state index contributed by atoms with van der Waals surface area (Å²) in [5.41, 5.74) is 0.937. The maximum absolute atomic E-state index is 12.3. The molecule has 0 fully saturated rings. The van der Waals surface area contributed by atoms with Gasteiger partial charge in [-0.25, -0.2) is 4.99 Å². The Morgan fingerprint density at radius 3 is 2.35 bits per heavy atom. The maximum atomic E-state index is 12.3. The number of guanidine groups is 1. The predicted octanol–water partition coefficient (Wildman–Crippen LogP) is 3.73. The van der Waals surface area contributed by atoms with E-state index in [2.05, 4.69) is 15.6 Å². The first-order chi connectivity index (χ1) is 11.9. The first kappa shape index (κ1) is 24.8. The number of alkyl halides is 3. The number of methoxy groups -OCH3 is 1. The molecule has 1 aromatic carbocycles. The van der Waals surface area contributed by atoms with E-state index in [4.69, 9.17) is 9.47 Å². The summed E-state index contributed by atoms with van der Waals surface area (Å²) in [6, 6.07) is 7.36. The highest BCUT2D eigenvalue weighted by Gasteiger charge is 2.26. The van der Waals surface area contributed by atoms with Crippen LogP contribution in [0.2, 0.25) is 0 Å². The number of nitrogens with one attached hydrogen (secondary N) is 2. The van der Waals surface area contributed by atoms with Crippen molar-refractivity contribution in [3.63, 3.8) is 0 Å². The topological polar surface area (TPSA) is 54.9 Å². The van der Waals surface area contributed by atoms with Crippen LogP contribution < -0.4 is 15.4 Å². The van der Waals surface area contributed by atoms with Crippen molar-refractivity contribution in [3.05, 3.63) is 29.8 Å². The molecule has 0 saturated heterocycles. The third-order valence-corrected chi connectivity index (χ3v) is 3.24. The van der Waals surface area contributed by atoms with E-state index in [1.165, 1.54) is 0 Å². The Bertz CT molecular complexity index is 511. The molecule has 0 aliphatic carbocycles. The Morgan fingerprint density at radius 2 is 1.77 bits per heavy atom. The molecule has 1 aromatic rings. The average Bonchev–Trinajstić information content (AvgIpc) is 2.58. The summed E-state index contributed by atoms with van der Waals surface area (Å²) in [6.07, 6.45) is -4.35. The molecule has 0 aromatic heterocycles. The zero-order valence-electron chi connectivity index (χ0n) is 15.1. The van der Waals surface area contributed by atoms with Crippen LogP contribution in [0, 0.1) is 0 Å². The van der Waals surface area contributed by atoms with Crippen molar-refractivity contribution in [3.8, 4) is 5.75 Å². The number of aliphatic imine (C=N–C) groups is 1. The van der Waals surface area contributed by atoms with Gasteiger partial charge in [-0.1, -0.05) is 12.1 Å². The zero-order valence-corrected chi connectivity index (χ0v) is 17.4. The van der Waals surface area contributed by atoms with Gasteiger partial charge < -0.3 is 20.1 Å². The van der Waals surface area contributed by atoms with Crippen LogP contribution >= 0.6 is 24.0 Å². The molecular weight excluding hydrogens is 462 g/mol. The summed E-state index contributed by atoms with van der Waals surface area (Å²) in [4.78, 5) is 4.33. The molecule has 0 saturated carbocycles. The third-order valence-electron chi connectivity index (χ3n) is 3.24. The van der Waals surface area contributed by atoms with E-state index in [0.29, 0.717) is 32.3 Å². The van der Waals surface area contributed by atoms with E-state index >= 15 is 0 Å². The lowest BCUT2D eigenvalue weighted by Gasteiger charge is -2.14. The van der Waals surface area contributed by atoms with E-state index in [-0.39, 0.29) is 30.5 Å². The van der Waals surface area contributed by atoms with Crippen molar-refractivity contribution in [2.45, 2.75) is 32.5 Å². The van der Waals surface area contributed by atoms with E-state index in [9.17, 15) is 13.2 Å². The van der Waals surface area contributed by atoms with Gasteiger partial charge in [-0.3, -0.25) is 0 Å². The molecule has 0 aliphatic heterocycles. The summed E-state index contributed by atoms with van der Waals surface area (Å²) in [5, 5.41) is 5.74. The molecule has 5 nitrogen and oxygen atoms in total. The fourth-order valence-electron chi connectivity index (χ4n) is 1.92. The molecule has 0 heterocycles. The first-order valence-electron chi connectivity index (χ1n) is 8.24. The number of ether oxygens (including phenoxy) is 2. The SMILES string of the molecule is CCOCCCNC(=NCc1ccc(OC)cc1)NCCC(F)(F)F.I. The molecule has 2 N–H and O–H groups in total. The van der Waals surface area contributed by atoms with Gasteiger partial charge in [0.05, 0.1) is 20.1 Å². The minimum Gasteiger partial charge on any atom is -0.497 e. The highest BCUT2D eigenvalue weighted by molar-refractivity contribution is 14.0. The lowest BCUT2D eigenvalue weighted by molar-refractivity contribution is -0.132. The Balaban J connectivity index is 0.00000625. The number of hydrogen-bond donors (Lipinski definition) is 2. The standard InChI is InChI=1S/C17H26F3N3O2.HI/c1-3-25-12-4-10-21-16(22-11-9-17(18,19)20)23-13-14-5-7-15(24-2)8-6-14;/h5-8H,3-4,9-13H2,1-2H3,(H2,21,22,23);1H. The number of rotatable bonds is 10. The molecular formula is C17H27F3IN3O2. The summed E-state index contributed by atoms with van der Waals surface area (Å²) in [6.45, 7) is 3.86. The van der Waals surface area contributed by atoms with Gasteiger partial charge in [0.25, 0.3) is 0 Å². The molecule has 0 unspecified atom stereocenters. The Morgan fingerprint density at radius 1 is 1.12 bits per heavy atom. The maximum Gasteiger partial charge on any atom is 0.390 e. The summed E-state index contributed by atoms with van der Waals surface area (Å²) in [7, 11) is 1.59. The van der Waals surface area contributed by atoms with Crippen LogP contribution in [0.15, 0.2) is 29.3 Å². The minimum atomic E-state index is -4.19. The normalized spacial score (nSPS) is 11.7. The lowest BCUT2D eigenvalue weighted by atomic mass is 10.2. The summed E-state index contributed by atoms with van der Waals surface area (Å²) >= 11 is 0. The molecule has 0 amide bonds. The predicted molar refractivity (Wildman–Crippen MR) is 107 cm³/mol. The Hall–Kier alpha value is -1.23. The Labute approximate surface area is 169 Å². The highest BCUT2D eigenvalue weighted by Crippen LogP contribution is 2.18. The van der Waals surface area contributed by atoms with Gasteiger partial charge >= 0.3 is 6.18 Å². The fraction of sp³-hybridized carbons (Fsp3) is 0.588. The smallest absolute Gasteiger partial charge is 0.390 e. The van der Waals surface area contributed by atoms with Crippen molar-refractivity contribution in [2.24, 2.45) is 4.99 Å². The zero-order chi connectivity index (χ0) is 18.5. The van der Waals surface area contributed by atoms with Crippen LogP contribution in [0.5, 0.6) is 5.75 Å². The largest absolute Gasteiger partial charge is 0.497 e. The van der Waals surface area contributed by atoms with Gasteiger partial charge in [0.1, 0.15) is 5.75 Å². The molecule has 150 valence electrons. The first-order valence-corrected chi connectivity index (χ1v) is 8.24. The number of hydrogen-bond acceptors (Lipinski definition) is 3. The highest BCUT2D eigenvalue weighted by atomic mass is 127. The second-order valence-electron chi connectivity index (χ2n) is 5.28. The van der Waals surface area contributed by atoms with Gasteiger partial charge in [0.2, 0.25) is 0 Å². The second kappa shape index (κ2) is 13.9. The van der Waals surface area contributed by atoms with Gasteiger partial charge in [-0.05, 0) is 31.0 Å². The van der Waals surface area contributed by atoms with Gasteiger partial charge in [-0.2, -0.15) is 13.2 Å². The average molecular weight is 489 g/mol. The van der Waals surface area contributed by atoms with Gasteiger partial charge in [-0.15, -0.1) is 24.0 Å². The molecule has 0 aliphatic rings. The summed E-state index contributed by atoms with van der Waals surface area (Å²) in [5.74, 6) is 1.10. The van der Waals surface area contributed by atoms with Crippen molar-refractivity contribution in [1.82, 2.24) is 10.6 Å². The Kier molecular flexibility index (Phi) is 13.2. The van der Waals surface area contributed by atoms with E-state index < -0.39 is 12.6 Å². The van der Waals surface area contributed by atoms with E-state index in [1.807, 2.05) is 31.2 Å². The van der Waals surface area contributed by atoms with Crippen LogP contribution in [0.3, 0.4) is 0 Å². The van der Waals surface area contributed by atoms with Crippen molar-refractivity contribution >= 4 is 29.9 Å². The van der Waals surface area contributed by atoms with Gasteiger partial charge in [0, 0.05) is 26.3 Å². The molecule has 0 spiro atoms. The number of nitrogens with zero attached hydrogens (tertiary/aromatic N) is 1. The number of halogens is 4. The molecule has 26 heavy (non-hydrogen) atoms. The van der Waals surface area contributed by atoms with E-state index in [0.717, 1.165) is 17.7 Å². The van der Waals surface area contributed by atoms with E-state index in [1.54, 1.807) is 7.11 Å². The van der Waals surface area contributed by atoms with Crippen LogP contribution in [0.25, 0.3) is 0 Å². The molecule has 0 atom stereocenters. The van der Waals surface area contributed by atoms with Crippen molar-refractivity contribution in [2.75, 3.05) is 33.4 Å². The minimum absolute atomic E-state index is 0.